The summed E-state index contributed by atoms with van der Waals surface area (Å²) in [4.78, 5) is 0. The van der Waals surface area contributed by atoms with Gasteiger partial charge >= 0.3 is 0 Å². The summed E-state index contributed by atoms with van der Waals surface area (Å²) < 4.78 is 39.2. The Bertz CT molecular complexity index is 466. The molecule has 2 atom stereocenters. The van der Waals surface area contributed by atoms with E-state index < -0.39 is 10.2 Å². The summed E-state index contributed by atoms with van der Waals surface area (Å²) in [7, 11) is -0.246. The van der Waals surface area contributed by atoms with Crippen LogP contribution in [0.15, 0.2) is 12.7 Å². The van der Waals surface area contributed by atoms with Gasteiger partial charge in [0.1, 0.15) is 0 Å². The largest absolute Gasteiger partial charge is 0.377 e. The molecule has 0 aliphatic carbocycles. The van der Waals surface area contributed by atoms with Crippen molar-refractivity contribution in [2.24, 2.45) is 5.41 Å². The van der Waals surface area contributed by atoms with Gasteiger partial charge in [-0.05, 0) is 19.3 Å². The zero-order valence-corrected chi connectivity index (χ0v) is 13.8. The Hall–Kier alpha value is -0.470. The molecule has 2 fully saturated rings. The molecule has 0 aromatic rings. The van der Waals surface area contributed by atoms with E-state index in [2.05, 4.69) is 6.58 Å². The molecular formula is C14H26N2O4S. The van der Waals surface area contributed by atoms with Gasteiger partial charge < -0.3 is 9.47 Å². The molecule has 0 aromatic carbocycles. The van der Waals surface area contributed by atoms with Crippen LogP contribution in [0.3, 0.4) is 0 Å². The van der Waals surface area contributed by atoms with Crippen LogP contribution in [0.5, 0.6) is 0 Å². The normalized spacial score (nSPS) is 31.1. The van der Waals surface area contributed by atoms with Crippen LogP contribution in [0.1, 0.15) is 19.3 Å². The van der Waals surface area contributed by atoms with E-state index >= 15 is 0 Å². The van der Waals surface area contributed by atoms with Gasteiger partial charge in [0.25, 0.3) is 10.2 Å². The third-order valence-corrected chi connectivity index (χ3v) is 6.25. The summed E-state index contributed by atoms with van der Waals surface area (Å²) in [6.07, 6.45) is 4.42. The Labute approximate surface area is 127 Å². The highest BCUT2D eigenvalue weighted by molar-refractivity contribution is 7.86. The van der Waals surface area contributed by atoms with Crippen LogP contribution in [-0.2, 0) is 19.7 Å². The minimum atomic E-state index is -3.38. The van der Waals surface area contributed by atoms with Crippen molar-refractivity contribution in [1.82, 2.24) is 8.61 Å². The van der Waals surface area contributed by atoms with Crippen LogP contribution < -0.4 is 0 Å². The molecule has 7 heteroatoms. The third kappa shape index (κ3) is 3.48. The molecule has 21 heavy (non-hydrogen) atoms. The van der Waals surface area contributed by atoms with Crippen molar-refractivity contribution < 1.29 is 17.9 Å². The fraction of sp³-hybridized carbons (Fsp3) is 0.857. The lowest BCUT2D eigenvalue weighted by Gasteiger charge is -2.50. The van der Waals surface area contributed by atoms with E-state index in [-0.39, 0.29) is 11.5 Å². The molecule has 0 saturated carbocycles. The fourth-order valence-electron chi connectivity index (χ4n) is 3.23. The van der Waals surface area contributed by atoms with Crippen molar-refractivity contribution in [3.63, 3.8) is 0 Å². The fourth-order valence-corrected chi connectivity index (χ4v) is 4.45. The van der Waals surface area contributed by atoms with Crippen LogP contribution in [0.4, 0.5) is 0 Å². The second kappa shape index (κ2) is 6.75. The zero-order valence-electron chi connectivity index (χ0n) is 13.0. The van der Waals surface area contributed by atoms with Gasteiger partial charge in [-0.3, -0.25) is 0 Å². The SMILES string of the molecule is C=CCOCC12CCCOC1CCN(S(=O)(=O)N(C)C)C2. The predicted molar refractivity (Wildman–Crippen MR) is 81.2 cm³/mol. The molecule has 2 rings (SSSR count). The van der Waals surface area contributed by atoms with E-state index in [1.165, 1.54) is 4.31 Å². The van der Waals surface area contributed by atoms with Gasteiger partial charge in [0, 0.05) is 39.2 Å². The van der Waals surface area contributed by atoms with Gasteiger partial charge in [-0.1, -0.05) is 6.08 Å². The molecule has 2 aliphatic heterocycles. The molecule has 2 unspecified atom stereocenters. The van der Waals surface area contributed by atoms with Crippen molar-refractivity contribution in [2.75, 3.05) is 47.0 Å². The highest BCUT2D eigenvalue weighted by atomic mass is 32.2. The summed E-state index contributed by atoms with van der Waals surface area (Å²) >= 11 is 0. The second-order valence-corrected chi connectivity index (χ2v) is 8.18. The number of piperidine rings is 1. The maximum Gasteiger partial charge on any atom is 0.281 e. The van der Waals surface area contributed by atoms with Crippen LogP contribution >= 0.6 is 0 Å². The molecule has 122 valence electrons. The molecule has 0 radical (unpaired) electrons. The highest BCUT2D eigenvalue weighted by Crippen LogP contribution is 2.41. The number of nitrogens with zero attached hydrogens (tertiary/aromatic N) is 2. The van der Waals surface area contributed by atoms with E-state index in [4.69, 9.17) is 9.47 Å². The van der Waals surface area contributed by atoms with Crippen molar-refractivity contribution in [3.8, 4) is 0 Å². The third-order valence-electron chi connectivity index (χ3n) is 4.37. The molecule has 0 N–H and O–H groups in total. The first-order valence-corrected chi connectivity index (χ1v) is 8.80. The van der Waals surface area contributed by atoms with Crippen molar-refractivity contribution in [1.29, 1.82) is 0 Å². The van der Waals surface area contributed by atoms with Crippen LogP contribution in [0.2, 0.25) is 0 Å². The number of hydrogen-bond donors (Lipinski definition) is 0. The molecular weight excluding hydrogens is 292 g/mol. The zero-order chi connectivity index (χ0) is 15.5. The highest BCUT2D eigenvalue weighted by Gasteiger charge is 2.48. The van der Waals surface area contributed by atoms with Gasteiger partial charge in [0.2, 0.25) is 0 Å². The first-order chi connectivity index (χ1) is 9.92. The van der Waals surface area contributed by atoms with Crippen LogP contribution in [0.25, 0.3) is 0 Å². The van der Waals surface area contributed by atoms with E-state index in [9.17, 15) is 8.42 Å². The minimum absolute atomic E-state index is 0.0877. The number of hydrogen-bond acceptors (Lipinski definition) is 4. The molecule has 0 amide bonds. The maximum absolute atomic E-state index is 12.4. The molecule has 0 spiro atoms. The van der Waals surface area contributed by atoms with Crippen LogP contribution in [-0.4, -0.2) is 70.1 Å². The molecule has 2 heterocycles. The lowest BCUT2D eigenvalue weighted by atomic mass is 9.73. The monoisotopic (exact) mass is 318 g/mol. The Kier molecular flexibility index (Phi) is 5.43. The first-order valence-electron chi connectivity index (χ1n) is 7.40. The lowest BCUT2D eigenvalue weighted by molar-refractivity contribution is -0.140. The topological polar surface area (TPSA) is 59.1 Å². The summed E-state index contributed by atoms with van der Waals surface area (Å²) in [5, 5.41) is 0. The van der Waals surface area contributed by atoms with Gasteiger partial charge in [-0.2, -0.15) is 17.0 Å². The van der Waals surface area contributed by atoms with E-state index in [0.29, 0.717) is 26.3 Å². The Morgan fingerprint density at radius 3 is 2.95 bits per heavy atom. The minimum Gasteiger partial charge on any atom is -0.377 e. The molecule has 2 aliphatic rings. The molecule has 6 nitrogen and oxygen atoms in total. The van der Waals surface area contributed by atoms with E-state index in [0.717, 1.165) is 25.9 Å². The van der Waals surface area contributed by atoms with Gasteiger partial charge in [-0.25, -0.2) is 0 Å². The predicted octanol–water partition coefficient (Wildman–Crippen LogP) is 0.867. The van der Waals surface area contributed by atoms with Crippen molar-refractivity contribution in [2.45, 2.75) is 25.4 Å². The van der Waals surface area contributed by atoms with Gasteiger partial charge in [-0.15, -0.1) is 6.58 Å². The number of ether oxygens (including phenoxy) is 2. The number of rotatable bonds is 6. The summed E-state index contributed by atoms with van der Waals surface area (Å²) in [5.41, 5.74) is -0.234. The van der Waals surface area contributed by atoms with Gasteiger partial charge in [0.05, 0.1) is 19.3 Å². The Morgan fingerprint density at radius 1 is 1.52 bits per heavy atom. The second-order valence-electron chi connectivity index (χ2n) is 6.04. The summed E-state index contributed by atoms with van der Waals surface area (Å²) in [6.45, 7) is 6.39. The van der Waals surface area contributed by atoms with E-state index in [1.54, 1.807) is 24.5 Å². The maximum atomic E-state index is 12.4. The van der Waals surface area contributed by atoms with E-state index in [1.807, 2.05) is 0 Å². The first kappa shape index (κ1) is 16.9. The average molecular weight is 318 g/mol. The standard InChI is InChI=1S/C14H26N2O4S/c1-4-9-19-12-14-7-5-10-20-13(14)6-8-16(11-14)21(17,18)15(2)3/h4,13H,1,5-12H2,2-3H3. The summed E-state index contributed by atoms with van der Waals surface area (Å²) in [6, 6.07) is 0. The molecule has 0 aromatic heterocycles. The van der Waals surface area contributed by atoms with Gasteiger partial charge in [0.15, 0.2) is 0 Å². The Balaban J connectivity index is 2.16. The van der Waals surface area contributed by atoms with Crippen molar-refractivity contribution in [3.05, 3.63) is 12.7 Å². The average Bonchev–Trinajstić information content (AvgIpc) is 2.46. The van der Waals surface area contributed by atoms with Crippen molar-refractivity contribution >= 4 is 10.2 Å². The number of fused-ring (bicyclic) bond motifs is 1. The molecule has 2 saturated heterocycles. The smallest absolute Gasteiger partial charge is 0.281 e. The van der Waals surface area contributed by atoms with Crippen LogP contribution in [0, 0.1) is 5.41 Å². The molecule has 0 bridgehead atoms. The lowest BCUT2D eigenvalue weighted by Crippen LogP contribution is -2.59. The summed E-state index contributed by atoms with van der Waals surface area (Å²) in [5.74, 6) is 0. The quantitative estimate of drug-likeness (QED) is 0.538. The Morgan fingerprint density at radius 2 is 2.29 bits per heavy atom.